The van der Waals surface area contributed by atoms with Gasteiger partial charge in [-0.1, -0.05) is 13.8 Å². The van der Waals surface area contributed by atoms with E-state index in [9.17, 15) is 82.2 Å². The fourth-order valence-corrected chi connectivity index (χ4v) is 10.7. The predicted molar refractivity (Wildman–Crippen MR) is 199 cm³/mol. The number of nitrogens with one attached hydrogen (secondary N) is 2. The van der Waals surface area contributed by atoms with Crippen molar-refractivity contribution < 1.29 is 123 Å². The van der Waals surface area contributed by atoms with E-state index in [0.29, 0.717) is 5.75 Å². The van der Waals surface area contributed by atoms with Gasteiger partial charge in [0.1, 0.15) is 54.6 Å². The molecule has 2 amide bonds. The van der Waals surface area contributed by atoms with Crippen molar-refractivity contribution >= 4 is 80.5 Å². The summed E-state index contributed by atoms with van der Waals surface area (Å²) < 4.78 is 101. The quantitative estimate of drug-likeness (QED) is 0.0338. The SMILES string of the molecule is CC(C)(COP(=O)([O-])OP(=O)([O-])OC[C@H]1O[C@@H](n2cnc3c(N)ncnc32)[C@H](O[C@H]2O[C@H](COP(=O)([O-])OP(=O)([O-])OP(=O)([O-])[O-])[C@@H](O)[C@H]2O)[C@@H]1O)[C@@H](O)C(=O)NCCC(=O)NCCS. The Kier molecular flexibility index (Phi) is 19.0. The van der Waals surface area contributed by atoms with Gasteiger partial charge in [-0.05, 0) is 0 Å². The highest BCUT2D eigenvalue weighted by molar-refractivity contribution is 7.80. The number of anilines is 1. The average molecular weight is 1050 g/mol. The van der Waals surface area contributed by atoms with Crippen molar-refractivity contribution in [3.63, 3.8) is 0 Å². The molecule has 0 radical (unpaired) electrons. The summed E-state index contributed by atoms with van der Waals surface area (Å²) in [5.74, 6) is -1.25. The van der Waals surface area contributed by atoms with Crippen LogP contribution >= 0.6 is 51.7 Å². The molecule has 2 fully saturated rings. The molecule has 2 aromatic heterocycles. The number of fused-ring (bicyclic) bond motifs is 1. The van der Waals surface area contributed by atoms with Crippen molar-refractivity contribution in [2.24, 2.45) is 5.41 Å². The molecule has 39 heteroatoms. The molecule has 2 saturated heterocycles. The van der Waals surface area contributed by atoms with Gasteiger partial charge in [0.05, 0.1) is 34.0 Å². The van der Waals surface area contributed by atoms with Gasteiger partial charge in [0.2, 0.25) is 11.8 Å². The lowest BCUT2D eigenvalue weighted by molar-refractivity contribution is -0.339. The van der Waals surface area contributed by atoms with Crippen molar-refractivity contribution in [2.75, 3.05) is 44.4 Å². The summed E-state index contributed by atoms with van der Waals surface area (Å²) in [4.78, 5) is 106. The molecule has 0 bridgehead atoms. The van der Waals surface area contributed by atoms with Crippen molar-refractivity contribution in [2.45, 2.75) is 75.5 Å². The fraction of sp³-hybridized carbons (Fsp3) is 0.731. The summed E-state index contributed by atoms with van der Waals surface area (Å²) in [5, 5.41) is 47.8. The van der Waals surface area contributed by atoms with Crippen LogP contribution in [-0.2, 0) is 73.1 Å². The van der Waals surface area contributed by atoms with Crippen LogP contribution in [0.2, 0.25) is 0 Å². The summed E-state index contributed by atoms with van der Waals surface area (Å²) in [6.45, 7) is -1.26. The van der Waals surface area contributed by atoms with Gasteiger partial charge in [0.25, 0.3) is 31.3 Å². The maximum atomic E-state index is 12.7. The maximum Gasteiger partial charge on any atom is 0.278 e. The Labute approximate surface area is 370 Å². The minimum atomic E-state index is -6.38. The van der Waals surface area contributed by atoms with E-state index in [4.69, 9.17) is 19.9 Å². The van der Waals surface area contributed by atoms with E-state index < -0.39 is 131 Å². The second-order valence-corrected chi connectivity index (χ2v) is 21.8. The Balaban J connectivity index is 1.42. The number of nitrogens with zero attached hydrogens (tertiary/aromatic N) is 4. The first-order valence-corrected chi connectivity index (χ1v) is 25.9. The third kappa shape index (κ3) is 16.0. The lowest BCUT2D eigenvalue weighted by Crippen LogP contribution is -2.46. The van der Waals surface area contributed by atoms with E-state index in [2.05, 4.69) is 64.7 Å². The van der Waals surface area contributed by atoms with Crippen LogP contribution in [0.15, 0.2) is 12.7 Å². The van der Waals surface area contributed by atoms with Crippen LogP contribution in [0.4, 0.5) is 5.82 Å². The average Bonchev–Trinajstić information content (AvgIpc) is 3.82. The summed E-state index contributed by atoms with van der Waals surface area (Å²) in [5.41, 5.74) is 3.99. The summed E-state index contributed by atoms with van der Waals surface area (Å²) >= 11 is 3.94. The molecule has 2 aliphatic rings. The molecule has 2 aromatic rings. The predicted octanol–water partition coefficient (Wildman–Crippen LogP) is -6.76. The fourth-order valence-electron chi connectivity index (χ4n) is 5.54. The van der Waals surface area contributed by atoms with E-state index >= 15 is 0 Å². The molecule has 4 rings (SSSR count). The van der Waals surface area contributed by atoms with Crippen LogP contribution in [-0.4, -0.2) is 139 Å². The Hall–Kier alpha value is -1.97. The standard InChI is InChI=1S/C26H46N7O26P5S/c1-26(2,20(38)23(39)29-4-3-14(34)28-5-6-65)9-53-63(47,48)58-61(43,44)52-8-13-17(36)19(24(54-13)33-11-32-15-21(27)30-10-31-22(15)33)56-25-18(37)16(35)12(55-25)7-51-62(45,46)59-64(49,50)57-60(40,41)42/h10-13,16-20,24-25,35-38,65H,3-9H2,1-2H3,(H,28,34)(H,29,39)(H,43,44)(H,45,46)(H,47,48)(H,49,50)(H2,27,30,31)(H2,40,41,42)/p-6/t12-,13-,16-,17-,18-,19-,20+,24-,25-/m1/s1. The van der Waals surface area contributed by atoms with Crippen LogP contribution in [0, 0.1) is 5.41 Å². The van der Waals surface area contributed by atoms with Gasteiger partial charge in [-0.3, -0.25) is 36.7 Å². The maximum absolute atomic E-state index is 12.7. The first-order chi connectivity index (χ1) is 29.9. The number of carbonyl (C=O) groups is 2. The molecular formula is C26H40N7O26P5S-6. The molecule has 0 spiro atoms. The number of carbonyl (C=O) groups excluding carboxylic acids is 2. The lowest BCUT2D eigenvalue weighted by Gasteiger charge is -2.37. The number of nitrogens with two attached hydrogens (primary N) is 1. The van der Waals surface area contributed by atoms with Gasteiger partial charge >= 0.3 is 0 Å². The number of hydrogen-bond donors (Lipinski definition) is 8. The van der Waals surface area contributed by atoms with Crippen molar-refractivity contribution in [3.8, 4) is 0 Å². The minimum absolute atomic E-state index is 0.0380. The second-order valence-electron chi connectivity index (χ2n) is 14.1. The number of amides is 2. The van der Waals surface area contributed by atoms with Crippen LogP contribution in [0.3, 0.4) is 0 Å². The van der Waals surface area contributed by atoms with Crippen molar-refractivity contribution in [3.05, 3.63) is 12.7 Å². The van der Waals surface area contributed by atoms with Gasteiger partial charge in [0.15, 0.2) is 24.0 Å². The molecule has 33 nitrogen and oxygen atoms in total. The number of nitrogen functional groups attached to an aromatic ring is 1. The molecule has 0 saturated carbocycles. The molecule has 13 atom stereocenters. The zero-order valence-electron chi connectivity index (χ0n) is 33.1. The summed E-state index contributed by atoms with van der Waals surface area (Å²) in [6, 6.07) is 0. The van der Waals surface area contributed by atoms with Gasteiger partial charge in [-0.2, -0.15) is 12.6 Å². The Morgan fingerprint density at radius 1 is 0.846 bits per heavy atom. The van der Waals surface area contributed by atoms with E-state index in [0.717, 1.165) is 17.2 Å². The number of ether oxygens (including phenoxy) is 3. The molecular weight excluding hydrogens is 1010 g/mol. The molecule has 0 aliphatic carbocycles. The number of aliphatic hydroxyl groups excluding tert-OH is 4. The minimum Gasteiger partial charge on any atom is -0.790 e. The van der Waals surface area contributed by atoms with Gasteiger partial charge in [-0.25, -0.2) is 23.6 Å². The number of aromatic nitrogens is 4. The second kappa shape index (κ2) is 22.2. The van der Waals surface area contributed by atoms with E-state index in [-0.39, 0.29) is 36.5 Å². The first-order valence-electron chi connectivity index (χ1n) is 18.0. The van der Waals surface area contributed by atoms with Gasteiger partial charge in [-0.15, -0.1) is 0 Å². The molecule has 372 valence electrons. The van der Waals surface area contributed by atoms with Gasteiger partial charge in [0, 0.05) is 30.7 Å². The largest absolute Gasteiger partial charge is 0.790 e. The number of phosphoric ester groups is 3. The highest BCUT2D eigenvalue weighted by Crippen LogP contribution is 2.61. The zero-order valence-corrected chi connectivity index (χ0v) is 38.5. The van der Waals surface area contributed by atoms with E-state index in [1.165, 1.54) is 13.8 Å². The number of aliphatic hydroxyl groups is 4. The highest BCUT2D eigenvalue weighted by atomic mass is 32.1. The Morgan fingerprint density at radius 3 is 2.03 bits per heavy atom. The van der Waals surface area contributed by atoms with Crippen LogP contribution in [0.5, 0.6) is 0 Å². The number of imidazole rings is 1. The molecule has 0 aromatic carbocycles. The van der Waals surface area contributed by atoms with E-state index in [1.807, 2.05) is 0 Å². The molecule has 4 unspecified atom stereocenters. The van der Waals surface area contributed by atoms with Crippen molar-refractivity contribution in [1.82, 2.24) is 30.2 Å². The number of hydrogen-bond acceptors (Lipinski definition) is 31. The monoisotopic (exact) mass is 1050 g/mol. The van der Waals surface area contributed by atoms with Crippen molar-refractivity contribution in [1.29, 1.82) is 0 Å². The lowest BCUT2D eigenvalue weighted by atomic mass is 9.87. The zero-order chi connectivity index (χ0) is 48.9. The topological polar surface area (TPSA) is 516 Å². The normalized spacial score (nSPS) is 28.2. The number of phosphoric acid groups is 5. The van der Waals surface area contributed by atoms with Gasteiger partial charge < -0.3 is 98.5 Å². The molecule has 8 N–H and O–H groups in total. The summed E-state index contributed by atoms with van der Waals surface area (Å²) in [7, 11) is -30.7. The molecule has 4 heterocycles. The number of thiol groups is 1. The van der Waals surface area contributed by atoms with E-state index in [1.54, 1.807) is 0 Å². The molecule has 2 aliphatic heterocycles. The van der Waals surface area contributed by atoms with Crippen LogP contribution in [0.1, 0.15) is 26.5 Å². The third-order valence-corrected chi connectivity index (χ3v) is 15.0. The highest BCUT2D eigenvalue weighted by Gasteiger charge is 2.52. The Morgan fingerprint density at radius 2 is 1.43 bits per heavy atom. The summed E-state index contributed by atoms with van der Waals surface area (Å²) in [6.07, 6.45) is -15.8. The molecule has 65 heavy (non-hydrogen) atoms. The number of rotatable bonds is 25. The Bertz CT molecular complexity index is 2240. The van der Waals surface area contributed by atoms with Crippen LogP contribution in [0.25, 0.3) is 11.2 Å². The smallest absolute Gasteiger partial charge is 0.278 e. The first kappa shape index (κ1) is 55.6. The third-order valence-electron chi connectivity index (χ3n) is 8.65. The van der Waals surface area contributed by atoms with Crippen LogP contribution < -0.4 is 45.7 Å².